The normalized spacial score (nSPS) is 12.2. The van der Waals surface area contributed by atoms with Crippen LogP contribution in [0, 0.1) is 6.92 Å². The number of para-hydroxylation sites is 1. The summed E-state index contributed by atoms with van der Waals surface area (Å²) in [5, 5.41) is 3.98. The number of sulfone groups is 1. The molecule has 5 heteroatoms. The minimum atomic E-state index is -3.54. The number of hydrazone groups is 1. The van der Waals surface area contributed by atoms with Crippen LogP contribution in [0.5, 0.6) is 0 Å². The zero-order valence-electron chi connectivity index (χ0n) is 11.4. The zero-order chi connectivity index (χ0) is 14.6. The van der Waals surface area contributed by atoms with Gasteiger partial charge in [-0.25, -0.2) is 8.42 Å². The van der Waals surface area contributed by atoms with Crippen LogP contribution in [0.15, 0.2) is 64.6 Å². The maximum atomic E-state index is 12.3. The molecule has 104 valence electrons. The molecule has 0 radical (unpaired) electrons. The predicted molar refractivity (Wildman–Crippen MR) is 81.5 cm³/mol. The lowest BCUT2D eigenvalue weighted by molar-refractivity contribution is 0.607. The highest BCUT2D eigenvalue weighted by Crippen LogP contribution is 2.14. The van der Waals surface area contributed by atoms with Crippen LogP contribution in [-0.2, 0) is 9.84 Å². The summed E-state index contributed by atoms with van der Waals surface area (Å²) in [5.74, 6) is 0. The SMILES string of the molecule is C/C(=N\Nc1ccccc1)S(=O)(=O)c1ccc(C)cc1. The molecule has 0 atom stereocenters. The van der Waals surface area contributed by atoms with Gasteiger partial charge in [0, 0.05) is 0 Å². The van der Waals surface area contributed by atoms with E-state index in [9.17, 15) is 8.42 Å². The van der Waals surface area contributed by atoms with Crippen molar-refractivity contribution in [2.24, 2.45) is 5.10 Å². The molecule has 0 heterocycles. The molecule has 0 aliphatic rings. The Morgan fingerprint density at radius 2 is 1.60 bits per heavy atom. The van der Waals surface area contributed by atoms with E-state index in [-0.39, 0.29) is 9.94 Å². The Hall–Kier alpha value is -2.14. The third-order valence-electron chi connectivity index (χ3n) is 2.84. The molecule has 1 N–H and O–H groups in total. The topological polar surface area (TPSA) is 58.5 Å². The second-order valence-corrected chi connectivity index (χ2v) is 6.49. The van der Waals surface area contributed by atoms with Crippen LogP contribution >= 0.6 is 0 Å². The molecule has 0 aromatic heterocycles. The maximum Gasteiger partial charge on any atom is 0.221 e. The summed E-state index contributed by atoms with van der Waals surface area (Å²) in [6.07, 6.45) is 0. The summed E-state index contributed by atoms with van der Waals surface area (Å²) in [5.41, 5.74) is 4.50. The highest BCUT2D eigenvalue weighted by Gasteiger charge is 2.18. The largest absolute Gasteiger partial charge is 0.278 e. The van der Waals surface area contributed by atoms with Crippen molar-refractivity contribution < 1.29 is 8.42 Å². The number of nitrogens with zero attached hydrogens (tertiary/aromatic N) is 1. The first-order valence-corrected chi connectivity index (χ1v) is 7.65. The molecule has 0 aliphatic carbocycles. The monoisotopic (exact) mass is 288 g/mol. The van der Waals surface area contributed by atoms with E-state index in [0.717, 1.165) is 11.3 Å². The summed E-state index contributed by atoms with van der Waals surface area (Å²) in [7, 11) is -3.54. The van der Waals surface area contributed by atoms with Gasteiger partial charge in [-0.15, -0.1) is 0 Å². The van der Waals surface area contributed by atoms with Crippen molar-refractivity contribution >= 4 is 20.6 Å². The van der Waals surface area contributed by atoms with E-state index < -0.39 is 9.84 Å². The number of aryl methyl sites for hydroxylation is 1. The van der Waals surface area contributed by atoms with E-state index in [1.807, 2.05) is 37.3 Å². The van der Waals surface area contributed by atoms with Crippen molar-refractivity contribution in [2.75, 3.05) is 5.43 Å². The average Bonchev–Trinajstić information content (AvgIpc) is 2.46. The number of nitrogens with one attached hydrogen (secondary N) is 1. The van der Waals surface area contributed by atoms with Crippen molar-refractivity contribution in [1.82, 2.24) is 0 Å². The number of anilines is 1. The molecule has 0 amide bonds. The van der Waals surface area contributed by atoms with Crippen LogP contribution < -0.4 is 5.43 Å². The minimum absolute atomic E-state index is 0.0326. The van der Waals surface area contributed by atoms with Crippen molar-refractivity contribution in [3.63, 3.8) is 0 Å². The lowest BCUT2D eigenvalue weighted by Gasteiger charge is -2.05. The van der Waals surface area contributed by atoms with Gasteiger partial charge in [0.25, 0.3) is 0 Å². The van der Waals surface area contributed by atoms with Gasteiger partial charge in [0.15, 0.2) is 5.04 Å². The molecule has 0 bridgehead atoms. The van der Waals surface area contributed by atoms with Crippen molar-refractivity contribution in [2.45, 2.75) is 18.7 Å². The molecule has 2 rings (SSSR count). The summed E-state index contributed by atoms with van der Waals surface area (Å²) in [6.45, 7) is 3.39. The van der Waals surface area contributed by atoms with Crippen molar-refractivity contribution in [3.8, 4) is 0 Å². The van der Waals surface area contributed by atoms with E-state index in [0.29, 0.717) is 0 Å². The molecule has 0 saturated heterocycles. The van der Waals surface area contributed by atoms with Crippen LogP contribution in [0.4, 0.5) is 5.69 Å². The van der Waals surface area contributed by atoms with E-state index >= 15 is 0 Å². The van der Waals surface area contributed by atoms with Crippen molar-refractivity contribution in [1.29, 1.82) is 0 Å². The average molecular weight is 288 g/mol. The van der Waals surface area contributed by atoms with Gasteiger partial charge in [-0.1, -0.05) is 35.9 Å². The van der Waals surface area contributed by atoms with Crippen LogP contribution in [0.1, 0.15) is 12.5 Å². The Kier molecular flexibility index (Phi) is 4.20. The van der Waals surface area contributed by atoms with Gasteiger partial charge in [-0.2, -0.15) is 5.10 Å². The minimum Gasteiger partial charge on any atom is -0.278 e. The van der Waals surface area contributed by atoms with Gasteiger partial charge in [0.2, 0.25) is 9.84 Å². The second kappa shape index (κ2) is 5.88. The molecule has 4 nitrogen and oxygen atoms in total. The van der Waals surface area contributed by atoms with Crippen molar-refractivity contribution in [3.05, 3.63) is 60.2 Å². The number of benzene rings is 2. The molecule has 0 unspecified atom stereocenters. The van der Waals surface area contributed by atoms with Gasteiger partial charge in [0.05, 0.1) is 10.6 Å². The summed E-state index contributed by atoms with van der Waals surface area (Å²) >= 11 is 0. The highest BCUT2D eigenvalue weighted by molar-refractivity contribution is 8.06. The molecular weight excluding hydrogens is 272 g/mol. The molecule has 2 aromatic carbocycles. The number of hydrogen-bond acceptors (Lipinski definition) is 4. The predicted octanol–water partition coefficient (Wildman–Crippen LogP) is 3.21. The van der Waals surface area contributed by atoms with Gasteiger partial charge in [-0.05, 0) is 38.1 Å². The Morgan fingerprint density at radius 3 is 2.20 bits per heavy atom. The summed E-state index contributed by atoms with van der Waals surface area (Å²) in [4.78, 5) is 0.249. The zero-order valence-corrected chi connectivity index (χ0v) is 12.2. The van der Waals surface area contributed by atoms with Crippen LogP contribution in [0.2, 0.25) is 0 Å². The number of hydrogen-bond donors (Lipinski definition) is 1. The fourth-order valence-electron chi connectivity index (χ4n) is 1.60. The van der Waals surface area contributed by atoms with Gasteiger partial charge in [-0.3, -0.25) is 5.43 Å². The third-order valence-corrected chi connectivity index (χ3v) is 4.60. The maximum absolute atomic E-state index is 12.3. The Morgan fingerprint density at radius 1 is 1.00 bits per heavy atom. The van der Waals surface area contributed by atoms with Gasteiger partial charge < -0.3 is 0 Å². The lowest BCUT2D eigenvalue weighted by atomic mass is 10.2. The number of rotatable bonds is 3. The molecule has 0 aliphatic heterocycles. The second-order valence-electron chi connectivity index (χ2n) is 4.43. The van der Waals surface area contributed by atoms with Crippen LogP contribution in [0.3, 0.4) is 0 Å². The van der Waals surface area contributed by atoms with Crippen LogP contribution in [0.25, 0.3) is 0 Å². The Balaban J connectivity index is 2.23. The Labute approximate surface area is 119 Å². The fraction of sp³-hybridized carbons (Fsp3) is 0.133. The van der Waals surface area contributed by atoms with Gasteiger partial charge in [0.1, 0.15) is 0 Å². The van der Waals surface area contributed by atoms with E-state index in [1.165, 1.54) is 6.92 Å². The standard InChI is InChI=1S/C15H16N2O2S/c1-12-8-10-15(11-9-12)20(18,19)13(2)16-17-14-6-4-3-5-7-14/h3-11,17H,1-2H3/b16-13+. The summed E-state index contributed by atoms with van der Waals surface area (Å²) < 4.78 is 24.6. The molecule has 0 fully saturated rings. The molecule has 20 heavy (non-hydrogen) atoms. The smallest absolute Gasteiger partial charge is 0.221 e. The van der Waals surface area contributed by atoms with E-state index in [1.54, 1.807) is 24.3 Å². The quantitative estimate of drug-likeness (QED) is 0.536. The first-order valence-electron chi connectivity index (χ1n) is 6.17. The molecular formula is C15H16N2O2S. The lowest BCUT2D eigenvalue weighted by Crippen LogP contribution is -2.13. The van der Waals surface area contributed by atoms with E-state index in [2.05, 4.69) is 10.5 Å². The van der Waals surface area contributed by atoms with Crippen LogP contribution in [-0.4, -0.2) is 13.5 Å². The molecule has 0 saturated carbocycles. The highest BCUT2D eigenvalue weighted by atomic mass is 32.2. The molecule has 2 aromatic rings. The summed E-state index contributed by atoms with van der Waals surface area (Å²) in [6, 6.07) is 15.9. The third kappa shape index (κ3) is 3.24. The fourth-order valence-corrected chi connectivity index (χ4v) is 2.61. The van der Waals surface area contributed by atoms with E-state index in [4.69, 9.17) is 0 Å². The Bertz CT molecular complexity index is 705. The first kappa shape index (κ1) is 14.3. The van der Waals surface area contributed by atoms with Gasteiger partial charge >= 0.3 is 0 Å². The first-order chi connectivity index (χ1) is 9.50. The molecule has 0 spiro atoms.